The number of carbonyl (C=O) groups excluding carboxylic acids is 2. The van der Waals surface area contributed by atoms with Crippen LogP contribution >= 0.6 is 11.3 Å². The number of carbonyl (C=O) groups is 2. The predicted molar refractivity (Wildman–Crippen MR) is 100 cm³/mol. The van der Waals surface area contributed by atoms with Crippen molar-refractivity contribution in [3.63, 3.8) is 0 Å². The zero-order valence-corrected chi connectivity index (χ0v) is 14.6. The molecule has 1 heterocycles. The molecule has 1 aromatic heterocycles. The van der Waals surface area contributed by atoms with Crippen molar-refractivity contribution in [2.75, 3.05) is 17.7 Å². The minimum atomic E-state index is -0.583. The molecule has 0 radical (unpaired) electrons. The van der Waals surface area contributed by atoms with Gasteiger partial charge < -0.3 is 10.1 Å². The number of rotatable bonds is 4. The summed E-state index contributed by atoms with van der Waals surface area (Å²) in [6.45, 7) is 0. The largest absolute Gasteiger partial charge is 0.465 e. The van der Waals surface area contributed by atoms with Gasteiger partial charge in [-0.2, -0.15) is 0 Å². The van der Waals surface area contributed by atoms with Gasteiger partial charge in [-0.05, 0) is 29.8 Å². The lowest BCUT2D eigenvalue weighted by molar-refractivity contribution is 0.0603. The second-order valence-corrected chi connectivity index (χ2v) is 6.18. The van der Waals surface area contributed by atoms with Crippen molar-refractivity contribution in [3.05, 3.63) is 71.4 Å². The molecule has 3 rings (SSSR count). The van der Waals surface area contributed by atoms with Crippen molar-refractivity contribution in [2.45, 2.75) is 0 Å². The molecule has 0 bridgehead atoms. The molecule has 3 aromatic rings. The van der Waals surface area contributed by atoms with E-state index < -0.39 is 12.0 Å². The number of urea groups is 1. The molecule has 0 unspecified atom stereocenters. The molecule has 0 fully saturated rings. The van der Waals surface area contributed by atoms with Crippen LogP contribution in [0.5, 0.6) is 0 Å². The van der Waals surface area contributed by atoms with Gasteiger partial charge in [-0.1, -0.05) is 30.3 Å². The van der Waals surface area contributed by atoms with Crippen LogP contribution in [0.1, 0.15) is 10.4 Å². The number of benzene rings is 2. The first-order valence-corrected chi connectivity index (χ1v) is 8.55. The normalized spacial score (nSPS) is 10.2. The molecule has 132 valence electrons. The maximum atomic E-state index is 13.2. The van der Waals surface area contributed by atoms with E-state index in [4.69, 9.17) is 4.74 Å². The van der Waals surface area contributed by atoms with Gasteiger partial charge >= 0.3 is 12.0 Å². The fourth-order valence-electron chi connectivity index (χ4n) is 2.38. The molecule has 2 amide bonds. The topological polar surface area (TPSA) is 67.4 Å². The zero-order valence-electron chi connectivity index (χ0n) is 13.8. The first-order valence-electron chi connectivity index (χ1n) is 7.67. The van der Waals surface area contributed by atoms with Crippen molar-refractivity contribution < 1.29 is 18.7 Å². The summed E-state index contributed by atoms with van der Waals surface area (Å²) in [5.74, 6) is -0.954. The van der Waals surface area contributed by atoms with Gasteiger partial charge in [0.25, 0.3) is 0 Å². The monoisotopic (exact) mass is 370 g/mol. The Labute approximate surface area is 153 Å². The number of nitrogens with one attached hydrogen (secondary N) is 2. The molecule has 7 heteroatoms. The van der Waals surface area contributed by atoms with Crippen LogP contribution < -0.4 is 10.6 Å². The summed E-state index contributed by atoms with van der Waals surface area (Å²) in [4.78, 5) is 24.5. The number of anilines is 2. The molecule has 0 saturated carbocycles. The molecule has 0 atom stereocenters. The molecule has 0 aliphatic heterocycles. The van der Waals surface area contributed by atoms with Crippen molar-refractivity contribution in [2.24, 2.45) is 0 Å². The first kappa shape index (κ1) is 17.6. The highest BCUT2D eigenvalue weighted by atomic mass is 32.1. The maximum absolute atomic E-state index is 13.2. The standard InChI is InChI=1S/C19H15FN2O3S/c1-25-18(23)16-15(12-7-9-13(20)10-8-12)11-26-17(16)22-19(24)21-14-5-3-2-4-6-14/h2-11H,1H3,(H2,21,22,24). The molecular weight excluding hydrogens is 355 g/mol. The third kappa shape index (κ3) is 3.89. The van der Waals surface area contributed by atoms with Crippen LogP contribution in [-0.4, -0.2) is 19.1 Å². The molecule has 26 heavy (non-hydrogen) atoms. The molecule has 0 spiro atoms. The SMILES string of the molecule is COC(=O)c1c(-c2ccc(F)cc2)csc1NC(=O)Nc1ccccc1. The Hall–Kier alpha value is -3.19. The molecule has 0 aliphatic rings. The number of methoxy groups -OCH3 is 1. The number of hydrogen-bond acceptors (Lipinski definition) is 4. The van der Waals surface area contributed by atoms with Gasteiger partial charge in [-0.25, -0.2) is 14.0 Å². The Kier molecular flexibility index (Phi) is 5.28. The number of thiophene rings is 1. The highest BCUT2D eigenvalue weighted by Gasteiger charge is 2.22. The van der Waals surface area contributed by atoms with E-state index in [0.717, 1.165) is 0 Å². The van der Waals surface area contributed by atoms with E-state index in [-0.39, 0.29) is 11.4 Å². The van der Waals surface area contributed by atoms with E-state index in [9.17, 15) is 14.0 Å². The fourth-order valence-corrected chi connectivity index (χ4v) is 3.34. The minimum Gasteiger partial charge on any atom is -0.465 e. The summed E-state index contributed by atoms with van der Waals surface area (Å²) in [5.41, 5.74) is 2.07. The van der Waals surface area contributed by atoms with Crippen LogP contribution in [-0.2, 0) is 4.74 Å². The molecule has 0 saturated heterocycles. The molecular formula is C19H15FN2O3S. The van der Waals surface area contributed by atoms with E-state index in [1.54, 1.807) is 41.8 Å². The lowest BCUT2D eigenvalue weighted by Crippen LogP contribution is -2.20. The van der Waals surface area contributed by atoms with Crippen LogP contribution in [0.25, 0.3) is 11.1 Å². The number of ether oxygens (including phenoxy) is 1. The number of para-hydroxylation sites is 1. The first-order chi connectivity index (χ1) is 12.6. The van der Waals surface area contributed by atoms with Crippen LogP contribution in [0.2, 0.25) is 0 Å². The highest BCUT2D eigenvalue weighted by molar-refractivity contribution is 7.15. The number of halogens is 1. The van der Waals surface area contributed by atoms with Gasteiger partial charge in [0.1, 0.15) is 16.4 Å². The average Bonchev–Trinajstić information content (AvgIpc) is 3.06. The minimum absolute atomic E-state index is 0.229. The van der Waals surface area contributed by atoms with Gasteiger partial charge in [0, 0.05) is 16.6 Å². The van der Waals surface area contributed by atoms with E-state index in [1.165, 1.54) is 30.6 Å². The number of esters is 1. The predicted octanol–water partition coefficient (Wildman–Crippen LogP) is 4.98. The second kappa shape index (κ2) is 7.79. The van der Waals surface area contributed by atoms with Crippen LogP contribution in [0, 0.1) is 5.82 Å². The van der Waals surface area contributed by atoms with Gasteiger partial charge in [-0.3, -0.25) is 5.32 Å². The Morgan fingerprint density at radius 3 is 2.35 bits per heavy atom. The van der Waals surface area contributed by atoms with E-state index in [0.29, 0.717) is 21.8 Å². The molecule has 2 aromatic carbocycles. The zero-order chi connectivity index (χ0) is 18.5. The fraction of sp³-hybridized carbons (Fsp3) is 0.0526. The Morgan fingerprint density at radius 1 is 1.00 bits per heavy atom. The van der Waals surface area contributed by atoms with Crippen molar-refractivity contribution in [1.29, 1.82) is 0 Å². The Morgan fingerprint density at radius 2 is 1.69 bits per heavy atom. The average molecular weight is 370 g/mol. The van der Waals surface area contributed by atoms with Crippen molar-refractivity contribution >= 4 is 34.0 Å². The smallest absolute Gasteiger partial charge is 0.341 e. The lowest BCUT2D eigenvalue weighted by Gasteiger charge is -2.09. The van der Waals surface area contributed by atoms with E-state index in [1.807, 2.05) is 6.07 Å². The maximum Gasteiger partial charge on any atom is 0.341 e. The molecule has 2 N–H and O–H groups in total. The summed E-state index contributed by atoms with van der Waals surface area (Å²) in [6.07, 6.45) is 0. The van der Waals surface area contributed by atoms with Crippen molar-refractivity contribution in [1.82, 2.24) is 0 Å². The quantitative estimate of drug-likeness (QED) is 0.636. The third-order valence-corrected chi connectivity index (χ3v) is 4.49. The van der Waals surface area contributed by atoms with Crippen molar-refractivity contribution in [3.8, 4) is 11.1 Å². The molecule has 0 aliphatic carbocycles. The molecule has 5 nitrogen and oxygen atoms in total. The van der Waals surface area contributed by atoms with Crippen LogP contribution in [0.3, 0.4) is 0 Å². The second-order valence-electron chi connectivity index (χ2n) is 5.30. The van der Waals surface area contributed by atoms with Crippen LogP contribution in [0.15, 0.2) is 60.0 Å². The lowest BCUT2D eigenvalue weighted by atomic mass is 10.0. The summed E-state index contributed by atoms with van der Waals surface area (Å²) in [5, 5.41) is 7.43. The summed E-state index contributed by atoms with van der Waals surface area (Å²) >= 11 is 1.19. The van der Waals surface area contributed by atoms with Gasteiger partial charge in [0.15, 0.2) is 0 Å². The van der Waals surface area contributed by atoms with Crippen LogP contribution in [0.4, 0.5) is 19.9 Å². The summed E-state index contributed by atoms with van der Waals surface area (Å²) in [6, 6.07) is 14.2. The van der Waals surface area contributed by atoms with Gasteiger partial charge in [-0.15, -0.1) is 11.3 Å². The van der Waals surface area contributed by atoms with Gasteiger partial charge in [0.2, 0.25) is 0 Å². The summed E-state index contributed by atoms with van der Waals surface area (Å²) < 4.78 is 18.0. The van der Waals surface area contributed by atoms with E-state index in [2.05, 4.69) is 10.6 Å². The van der Waals surface area contributed by atoms with E-state index >= 15 is 0 Å². The number of amides is 2. The third-order valence-electron chi connectivity index (χ3n) is 3.59. The Balaban J connectivity index is 1.88. The highest BCUT2D eigenvalue weighted by Crippen LogP contribution is 2.36. The van der Waals surface area contributed by atoms with Gasteiger partial charge in [0.05, 0.1) is 7.11 Å². The number of hydrogen-bond donors (Lipinski definition) is 2. The Bertz CT molecular complexity index is 924. The summed E-state index contributed by atoms with van der Waals surface area (Å²) in [7, 11) is 1.27.